The van der Waals surface area contributed by atoms with Crippen LogP contribution in [0, 0.1) is 0 Å². The molecule has 6 nitrogen and oxygen atoms in total. The summed E-state index contributed by atoms with van der Waals surface area (Å²) in [5, 5.41) is 13.0. The van der Waals surface area contributed by atoms with Crippen LogP contribution in [-0.4, -0.2) is 48.2 Å². The number of ether oxygens (including phenoxy) is 1. The lowest BCUT2D eigenvalue weighted by atomic mass is 10.1. The first-order valence-electron chi connectivity index (χ1n) is 8.25. The monoisotopic (exact) mass is 371 g/mol. The van der Waals surface area contributed by atoms with Gasteiger partial charge in [0, 0.05) is 13.1 Å². The first-order valence-corrected chi connectivity index (χ1v) is 9.07. The molecule has 0 bridgehead atoms. The van der Waals surface area contributed by atoms with Gasteiger partial charge in [0.25, 0.3) is 0 Å². The Balaban J connectivity index is 1.62. The molecule has 0 spiro atoms. The molecule has 0 amide bonds. The van der Waals surface area contributed by atoms with Gasteiger partial charge >= 0.3 is 5.97 Å². The summed E-state index contributed by atoms with van der Waals surface area (Å²) in [6.07, 6.45) is 0. The van der Waals surface area contributed by atoms with Crippen LogP contribution < -0.4 is 10.1 Å². The number of aromatic nitrogens is 1. The minimum atomic E-state index is -0.917. The number of fused-ring (bicyclic) bond motifs is 1. The van der Waals surface area contributed by atoms with Crippen molar-refractivity contribution >= 4 is 32.7 Å². The van der Waals surface area contributed by atoms with E-state index in [0.717, 1.165) is 33.2 Å². The summed E-state index contributed by atoms with van der Waals surface area (Å²) in [7, 11) is 4.03. The van der Waals surface area contributed by atoms with E-state index in [9.17, 15) is 4.79 Å². The number of carboxylic acid groups (broad SMARTS) is 1. The molecule has 1 aromatic heterocycles. The summed E-state index contributed by atoms with van der Waals surface area (Å²) >= 11 is 1.57. The number of nitrogens with one attached hydrogen (secondary N) is 1. The number of carbonyl (C=O) groups is 1. The van der Waals surface area contributed by atoms with Gasteiger partial charge in [-0.2, -0.15) is 0 Å². The van der Waals surface area contributed by atoms with Crippen LogP contribution in [0.1, 0.15) is 15.9 Å². The third-order valence-electron chi connectivity index (χ3n) is 3.81. The smallest absolute Gasteiger partial charge is 0.335 e. The third-order valence-corrected chi connectivity index (χ3v) is 4.79. The van der Waals surface area contributed by atoms with Crippen LogP contribution in [0.3, 0.4) is 0 Å². The number of nitrogens with zero attached hydrogens (tertiary/aromatic N) is 2. The second-order valence-corrected chi connectivity index (χ2v) is 7.19. The maximum Gasteiger partial charge on any atom is 0.335 e. The van der Waals surface area contributed by atoms with E-state index >= 15 is 0 Å². The average Bonchev–Trinajstić information content (AvgIpc) is 3.02. The fourth-order valence-electron chi connectivity index (χ4n) is 2.36. The predicted molar refractivity (Wildman–Crippen MR) is 104 cm³/mol. The van der Waals surface area contributed by atoms with Gasteiger partial charge in [0.15, 0.2) is 5.13 Å². The molecule has 0 atom stereocenters. The standard InChI is InChI=1S/C19H21N3O3S/c1-22(2)9-10-25-15-7-8-16-17(11-15)26-19(21-16)20-12-13-3-5-14(6-4-13)18(23)24/h3-8,11H,9-10,12H2,1-2H3,(H,20,21)(H,23,24). The first kappa shape index (κ1) is 18.2. The van der Waals surface area contributed by atoms with Crippen molar-refractivity contribution < 1.29 is 14.6 Å². The van der Waals surface area contributed by atoms with E-state index < -0.39 is 5.97 Å². The Kier molecular flexibility index (Phi) is 5.70. The van der Waals surface area contributed by atoms with Gasteiger partial charge < -0.3 is 20.1 Å². The lowest BCUT2D eigenvalue weighted by molar-refractivity contribution is 0.0697. The Morgan fingerprint density at radius 3 is 2.69 bits per heavy atom. The fraction of sp³-hybridized carbons (Fsp3) is 0.263. The molecule has 0 fully saturated rings. The maximum absolute atomic E-state index is 10.9. The molecule has 2 N–H and O–H groups in total. The molecule has 0 aliphatic carbocycles. The summed E-state index contributed by atoms with van der Waals surface area (Å²) in [5.74, 6) is -0.0712. The number of benzene rings is 2. The Morgan fingerprint density at radius 2 is 2.00 bits per heavy atom. The number of anilines is 1. The third kappa shape index (κ3) is 4.71. The molecule has 7 heteroatoms. The summed E-state index contributed by atoms with van der Waals surface area (Å²) in [6.45, 7) is 2.11. The second-order valence-electron chi connectivity index (χ2n) is 6.16. The van der Waals surface area contributed by atoms with Gasteiger partial charge in [-0.25, -0.2) is 9.78 Å². The van der Waals surface area contributed by atoms with Gasteiger partial charge in [-0.1, -0.05) is 23.5 Å². The molecule has 0 aliphatic heterocycles. The van der Waals surface area contributed by atoms with Crippen LogP contribution in [0.5, 0.6) is 5.75 Å². The Hall–Kier alpha value is -2.64. The number of rotatable bonds is 8. The minimum Gasteiger partial charge on any atom is -0.492 e. The van der Waals surface area contributed by atoms with Crippen molar-refractivity contribution in [1.82, 2.24) is 9.88 Å². The highest BCUT2D eigenvalue weighted by molar-refractivity contribution is 7.22. The van der Waals surface area contributed by atoms with Crippen molar-refractivity contribution in [2.75, 3.05) is 32.6 Å². The van der Waals surface area contributed by atoms with Crippen LogP contribution in [-0.2, 0) is 6.54 Å². The summed E-state index contributed by atoms with van der Waals surface area (Å²) in [6, 6.07) is 12.7. The molecule has 1 heterocycles. The number of likely N-dealkylation sites (N-methyl/N-ethyl adjacent to an activating group) is 1. The average molecular weight is 371 g/mol. The highest BCUT2D eigenvalue weighted by atomic mass is 32.1. The second kappa shape index (κ2) is 8.16. The van der Waals surface area contributed by atoms with Gasteiger partial charge in [-0.3, -0.25) is 0 Å². The summed E-state index contributed by atoms with van der Waals surface area (Å²) in [4.78, 5) is 17.5. The van der Waals surface area contributed by atoms with Gasteiger partial charge in [0.2, 0.25) is 0 Å². The summed E-state index contributed by atoms with van der Waals surface area (Å²) in [5.41, 5.74) is 2.22. The molecular weight excluding hydrogens is 350 g/mol. The molecule has 0 saturated carbocycles. The highest BCUT2D eigenvalue weighted by Gasteiger charge is 2.06. The zero-order valence-electron chi connectivity index (χ0n) is 14.7. The predicted octanol–water partition coefficient (Wildman–Crippen LogP) is 3.55. The van der Waals surface area contributed by atoms with E-state index in [-0.39, 0.29) is 5.56 Å². The SMILES string of the molecule is CN(C)CCOc1ccc2nc(NCc3ccc(C(=O)O)cc3)sc2c1. The van der Waals surface area contributed by atoms with Gasteiger partial charge in [-0.15, -0.1) is 0 Å². The largest absolute Gasteiger partial charge is 0.492 e. The van der Waals surface area contributed by atoms with Crippen LogP contribution >= 0.6 is 11.3 Å². The van der Waals surface area contributed by atoms with Crippen LogP contribution in [0.15, 0.2) is 42.5 Å². The minimum absolute atomic E-state index is 0.288. The maximum atomic E-state index is 10.9. The van der Waals surface area contributed by atoms with Crippen molar-refractivity contribution in [2.24, 2.45) is 0 Å². The van der Waals surface area contributed by atoms with Crippen molar-refractivity contribution in [3.8, 4) is 5.75 Å². The zero-order valence-corrected chi connectivity index (χ0v) is 15.5. The molecular formula is C19H21N3O3S. The zero-order chi connectivity index (χ0) is 18.5. The molecule has 3 aromatic rings. The lowest BCUT2D eigenvalue weighted by Gasteiger charge is -2.10. The number of hydrogen-bond acceptors (Lipinski definition) is 6. The van der Waals surface area contributed by atoms with Crippen molar-refractivity contribution in [3.63, 3.8) is 0 Å². The van der Waals surface area contributed by atoms with E-state index in [1.54, 1.807) is 35.6 Å². The van der Waals surface area contributed by atoms with Gasteiger partial charge in [-0.05, 0) is 50.0 Å². The Bertz CT molecular complexity index is 891. The number of hydrogen-bond donors (Lipinski definition) is 2. The van der Waals surface area contributed by atoms with Crippen LogP contribution in [0.25, 0.3) is 10.2 Å². The van der Waals surface area contributed by atoms with Crippen molar-refractivity contribution in [2.45, 2.75) is 6.54 Å². The lowest BCUT2D eigenvalue weighted by Crippen LogP contribution is -2.19. The number of aromatic carboxylic acids is 1. The quantitative estimate of drug-likeness (QED) is 0.631. The molecule has 0 aliphatic rings. The molecule has 0 radical (unpaired) electrons. The van der Waals surface area contributed by atoms with Gasteiger partial charge in [0.05, 0.1) is 15.8 Å². The van der Waals surface area contributed by atoms with Crippen LogP contribution in [0.4, 0.5) is 5.13 Å². The highest BCUT2D eigenvalue weighted by Crippen LogP contribution is 2.29. The van der Waals surface area contributed by atoms with Crippen molar-refractivity contribution in [1.29, 1.82) is 0 Å². The molecule has 3 rings (SSSR count). The molecule has 136 valence electrons. The van der Waals surface area contributed by atoms with E-state index in [1.807, 2.05) is 32.3 Å². The van der Waals surface area contributed by atoms with E-state index in [2.05, 4.69) is 15.2 Å². The summed E-state index contributed by atoms with van der Waals surface area (Å²) < 4.78 is 6.83. The molecule has 2 aromatic carbocycles. The normalized spacial score (nSPS) is 11.0. The first-order chi connectivity index (χ1) is 12.5. The fourth-order valence-corrected chi connectivity index (χ4v) is 3.25. The molecule has 0 saturated heterocycles. The van der Waals surface area contributed by atoms with Gasteiger partial charge in [0.1, 0.15) is 12.4 Å². The van der Waals surface area contributed by atoms with E-state index in [1.165, 1.54) is 0 Å². The molecule has 26 heavy (non-hydrogen) atoms. The Morgan fingerprint density at radius 1 is 1.23 bits per heavy atom. The molecule has 0 unspecified atom stereocenters. The topological polar surface area (TPSA) is 74.7 Å². The number of carboxylic acids is 1. The van der Waals surface area contributed by atoms with E-state index in [4.69, 9.17) is 9.84 Å². The van der Waals surface area contributed by atoms with E-state index in [0.29, 0.717) is 13.2 Å². The number of thiazole rings is 1. The van der Waals surface area contributed by atoms with Crippen molar-refractivity contribution in [3.05, 3.63) is 53.6 Å². The Labute approximate surface area is 156 Å². The van der Waals surface area contributed by atoms with Crippen LogP contribution in [0.2, 0.25) is 0 Å².